The maximum absolute atomic E-state index is 13.3. The van der Waals surface area contributed by atoms with Crippen LogP contribution in [0, 0.1) is 6.92 Å². The highest BCUT2D eigenvalue weighted by Crippen LogP contribution is 2.43. The number of aliphatic hydroxyl groups is 1. The highest BCUT2D eigenvalue weighted by atomic mass is 16.5. The van der Waals surface area contributed by atoms with Crippen molar-refractivity contribution >= 4 is 17.4 Å². The lowest BCUT2D eigenvalue weighted by atomic mass is 9.94. The summed E-state index contributed by atoms with van der Waals surface area (Å²) in [5, 5.41) is 11.5. The number of ether oxygens (including phenoxy) is 2. The van der Waals surface area contributed by atoms with E-state index in [-0.39, 0.29) is 17.4 Å². The van der Waals surface area contributed by atoms with Gasteiger partial charge in [-0.1, -0.05) is 61.9 Å². The fourth-order valence-electron chi connectivity index (χ4n) is 4.68. The molecule has 1 saturated heterocycles. The quantitative estimate of drug-likeness (QED) is 0.188. The van der Waals surface area contributed by atoms with Crippen LogP contribution in [0.2, 0.25) is 0 Å². The van der Waals surface area contributed by atoms with E-state index in [9.17, 15) is 14.7 Å². The van der Waals surface area contributed by atoms with Crippen LogP contribution < -0.4 is 9.47 Å². The van der Waals surface area contributed by atoms with Gasteiger partial charge in [-0.3, -0.25) is 9.59 Å². The molecule has 0 spiro atoms. The highest BCUT2D eigenvalue weighted by molar-refractivity contribution is 6.46. The van der Waals surface area contributed by atoms with Crippen molar-refractivity contribution in [3.63, 3.8) is 0 Å². The smallest absolute Gasteiger partial charge is 0.295 e. The van der Waals surface area contributed by atoms with Gasteiger partial charge in [-0.25, -0.2) is 0 Å². The molecule has 1 N–H and O–H groups in total. The zero-order valence-electron chi connectivity index (χ0n) is 22.4. The van der Waals surface area contributed by atoms with E-state index in [0.29, 0.717) is 35.8 Å². The van der Waals surface area contributed by atoms with E-state index in [0.717, 1.165) is 24.0 Å². The van der Waals surface area contributed by atoms with Gasteiger partial charge in [0.2, 0.25) is 0 Å². The van der Waals surface area contributed by atoms with Gasteiger partial charge in [0.15, 0.2) is 0 Å². The van der Waals surface area contributed by atoms with Crippen molar-refractivity contribution in [3.05, 3.63) is 101 Å². The molecule has 1 fully saturated rings. The van der Waals surface area contributed by atoms with E-state index in [2.05, 4.69) is 0 Å². The summed E-state index contributed by atoms with van der Waals surface area (Å²) in [5.41, 5.74) is 3.06. The van der Waals surface area contributed by atoms with Gasteiger partial charge in [-0.2, -0.15) is 0 Å². The second-order valence-corrected chi connectivity index (χ2v) is 9.81. The summed E-state index contributed by atoms with van der Waals surface area (Å²) >= 11 is 0. The lowest BCUT2D eigenvalue weighted by molar-refractivity contribution is -0.139. The molecule has 6 nitrogen and oxygen atoms in total. The van der Waals surface area contributed by atoms with Crippen molar-refractivity contribution in [2.75, 3.05) is 6.54 Å². The van der Waals surface area contributed by atoms with Crippen LogP contribution in [0.5, 0.6) is 11.5 Å². The second-order valence-electron chi connectivity index (χ2n) is 9.81. The molecule has 1 aliphatic rings. The van der Waals surface area contributed by atoms with Gasteiger partial charge in [0.25, 0.3) is 11.7 Å². The molecular weight excluding hydrogens is 478 g/mol. The van der Waals surface area contributed by atoms with E-state index in [1.165, 1.54) is 0 Å². The highest BCUT2D eigenvalue weighted by Gasteiger charge is 2.46. The molecule has 0 saturated carbocycles. The number of likely N-dealkylation sites (tertiary alicyclic amines) is 1. The number of rotatable bonds is 10. The van der Waals surface area contributed by atoms with Crippen molar-refractivity contribution in [3.8, 4) is 11.5 Å². The van der Waals surface area contributed by atoms with Gasteiger partial charge in [-0.15, -0.1) is 0 Å². The van der Waals surface area contributed by atoms with Crippen molar-refractivity contribution in [2.45, 2.75) is 59.3 Å². The van der Waals surface area contributed by atoms with Crippen LogP contribution in [-0.2, 0) is 16.2 Å². The third-order valence-electron chi connectivity index (χ3n) is 6.55. The Morgan fingerprint density at radius 2 is 1.68 bits per heavy atom. The third-order valence-corrected chi connectivity index (χ3v) is 6.55. The molecule has 0 aromatic heterocycles. The van der Waals surface area contributed by atoms with Gasteiger partial charge in [0, 0.05) is 17.7 Å². The summed E-state index contributed by atoms with van der Waals surface area (Å²) in [6.07, 6.45) is 1.51. The molecule has 1 heterocycles. The lowest BCUT2D eigenvalue weighted by Gasteiger charge is -2.27. The number of ketones is 1. The standard InChI is InChI=1S/C32H35NO5/c1-5-6-18-33-29(25-14-10-11-15-27(25)38-21(2)3)28(31(35)32(33)36)30(34)24-16-17-26(22(4)19-24)37-20-23-12-8-7-9-13-23/h7-17,19,21,29,34H,5-6,18,20H2,1-4H3/b30-28-. The fourth-order valence-corrected chi connectivity index (χ4v) is 4.68. The summed E-state index contributed by atoms with van der Waals surface area (Å²) in [7, 11) is 0. The normalized spacial score (nSPS) is 16.8. The number of carbonyl (C=O) groups excluding carboxylic acids is 2. The molecule has 1 amide bonds. The zero-order chi connectivity index (χ0) is 27.2. The number of unbranched alkanes of at least 4 members (excludes halogenated alkanes) is 1. The second kappa shape index (κ2) is 12.0. The molecule has 1 unspecified atom stereocenters. The molecule has 6 heteroatoms. The molecular formula is C32H35NO5. The molecule has 0 aliphatic carbocycles. The Balaban J connectivity index is 1.74. The van der Waals surface area contributed by atoms with Gasteiger partial charge in [0.05, 0.1) is 17.7 Å². The molecule has 0 bridgehead atoms. The number of carbonyl (C=O) groups is 2. The van der Waals surface area contributed by atoms with Gasteiger partial charge < -0.3 is 19.5 Å². The van der Waals surface area contributed by atoms with E-state index in [1.807, 2.05) is 82.3 Å². The number of hydrogen-bond donors (Lipinski definition) is 1. The number of nitrogens with zero attached hydrogens (tertiary/aromatic N) is 1. The third kappa shape index (κ3) is 5.75. The predicted octanol–water partition coefficient (Wildman–Crippen LogP) is 6.58. The molecule has 1 atom stereocenters. The van der Waals surface area contributed by atoms with Crippen LogP contribution in [0.4, 0.5) is 0 Å². The average Bonchev–Trinajstić information content (AvgIpc) is 3.16. The molecule has 198 valence electrons. The first-order chi connectivity index (χ1) is 18.3. The number of amides is 1. The first-order valence-corrected chi connectivity index (χ1v) is 13.1. The number of para-hydroxylation sites is 1. The van der Waals surface area contributed by atoms with Gasteiger partial charge >= 0.3 is 0 Å². The van der Waals surface area contributed by atoms with Crippen molar-refractivity contribution in [1.29, 1.82) is 0 Å². The summed E-state index contributed by atoms with van der Waals surface area (Å²) < 4.78 is 12.0. The SMILES string of the molecule is CCCCN1C(=O)C(=O)/C(=C(\O)c2ccc(OCc3ccccc3)c(C)c2)C1c1ccccc1OC(C)C. The Hall–Kier alpha value is -4.06. The molecule has 38 heavy (non-hydrogen) atoms. The van der Waals surface area contributed by atoms with Gasteiger partial charge in [-0.05, 0) is 62.6 Å². The minimum Gasteiger partial charge on any atom is -0.507 e. The maximum Gasteiger partial charge on any atom is 0.295 e. The van der Waals surface area contributed by atoms with Crippen molar-refractivity contribution in [2.24, 2.45) is 0 Å². The average molecular weight is 514 g/mol. The topological polar surface area (TPSA) is 76.1 Å². The zero-order valence-corrected chi connectivity index (χ0v) is 22.4. The van der Waals surface area contributed by atoms with Crippen LogP contribution in [0.25, 0.3) is 5.76 Å². The number of benzene rings is 3. The van der Waals surface area contributed by atoms with Gasteiger partial charge in [0.1, 0.15) is 23.9 Å². The minimum atomic E-state index is -0.745. The summed E-state index contributed by atoms with van der Waals surface area (Å²) in [6.45, 7) is 8.60. The Labute approximate surface area is 224 Å². The Morgan fingerprint density at radius 1 is 0.974 bits per heavy atom. The maximum atomic E-state index is 13.3. The van der Waals surface area contributed by atoms with Crippen LogP contribution in [-0.4, -0.2) is 34.3 Å². The fraction of sp³-hybridized carbons (Fsp3) is 0.312. The molecule has 1 aliphatic heterocycles. The van der Waals surface area contributed by atoms with E-state index >= 15 is 0 Å². The number of aliphatic hydroxyl groups excluding tert-OH is 1. The number of aryl methyl sites for hydroxylation is 1. The first kappa shape index (κ1) is 27.0. The largest absolute Gasteiger partial charge is 0.507 e. The van der Waals surface area contributed by atoms with E-state index in [4.69, 9.17) is 9.47 Å². The van der Waals surface area contributed by atoms with Crippen LogP contribution in [0.15, 0.2) is 78.4 Å². The Bertz CT molecular complexity index is 1330. The monoisotopic (exact) mass is 513 g/mol. The first-order valence-electron chi connectivity index (χ1n) is 13.1. The van der Waals surface area contributed by atoms with Crippen LogP contribution >= 0.6 is 0 Å². The Morgan fingerprint density at radius 3 is 2.37 bits per heavy atom. The molecule has 4 rings (SSSR count). The lowest BCUT2D eigenvalue weighted by Crippen LogP contribution is -2.31. The predicted molar refractivity (Wildman–Crippen MR) is 148 cm³/mol. The molecule has 3 aromatic carbocycles. The molecule has 0 radical (unpaired) electrons. The summed E-state index contributed by atoms with van der Waals surface area (Å²) in [4.78, 5) is 28.1. The summed E-state index contributed by atoms with van der Waals surface area (Å²) in [6, 6.07) is 21.8. The summed E-state index contributed by atoms with van der Waals surface area (Å²) in [5.74, 6) is -0.234. The van der Waals surface area contributed by atoms with E-state index in [1.54, 1.807) is 23.1 Å². The molecule has 3 aromatic rings. The Kier molecular flexibility index (Phi) is 8.52. The van der Waals surface area contributed by atoms with E-state index < -0.39 is 17.7 Å². The van der Waals surface area contributed by atoms with Crippen LogP contribution in [0.3, 0.4) is 0 Å². The van der Waals surface area contributed by atoms with Crippen LogP contribution in [0.1, 0.15) is 61.9 Å². The number of hydrogen-bond acceptors (Lipinski definition) is 5. The minimum absolute atomic E-state index is 0.0725. The van der Waals surface area contributed by atoms with Crippen molar-refractivity contribution < 1.29 is 24.2 Å². The number of Topliss-reactive ketones (excluding diaryl/α,β-unsaturated/α-hetero) is 1. The van der Waals surface area contributed by atoms with Crippen molar-refractivity contribution in [1.82, 2.24) is 4.90 Å².